The van der Waals surface area contributed by atoms with Crippen LogP contribution in [0.4, 0.5) is 0 Å². The van der Waals surface area contributed by atoms with E-state index in [1.165, 1.54) is 13.8 Å². The van der Waals surface area contributed by atoms with Gasteiger partial charge in [0.1, 0.15) is 0 Å². The van der Waals surface area contributed by atoms with Crippen molar-refractivity contribution in [3.63, 3.8) is 0 Å². The van der Waals surface area contributed by atoms with Crippen LogP contribution in [0.2, 0.25) is 0 Å². The molecule has 0 radical (unpaired) electrons. The molecule has 0 bridgehead atoms. The first-order valence-corrected chi connectivity index (χ1v) is 3.03. The van der Waals surface area contributed by atoms with Crippen LogP contribution >= 0.6 is 0 Å². The molecule has 1 N–H and O–H groups in total. The molecule has 0 aromatic carbocycles. The first-order valence-electron chi connectivity index (χ1n) is 3.03. The monoisotopic (exact) mass is 179 g/mol. The largest absolute Gasteiger partial charge is 1.00 e. The van der Waals surface area contributed by atoms with Gasteiger partial charge < -0.3 is 10.2 Å². The molecule has 0 unspecified atom stereocenters. The Morgan fingerprint density at radius 2 is 2.08 bits per heavy atom. The van der Waals surface area contributed by atoms with E-state index in [-0.39, 0.29) is 29.6 Å². The second-order valence-corrected chi connectivity index (χ2v) is 2.52. The summed E-state index contributed by atoms with van der Waals surface area (Å²) in [7, 11) is 0. The third-order valence-corrected chi connectivity index (χ3v) is 1.09. The molecular formula is C7H10NNaO3. The van der Waals surface area contributed by atoms with Crippen LogP contribution in [0.3, 0.4) is 0 Å². The summed E-state index contributed by atoms with van der Waals surface area (Å²) in [5.74, 6) is -1.75. The molecule has 0 rings (SSSR count). The van der Waals surface area contributed by atoms with E-state index in [1.54, 1.807) is 0 Å². The predicted molar refractivity (Wildman–Crippen MR) is 39.3 cm³/mol. The summed E-state index contributed by atoms with van der Waals surface area (Å²) in [6, 6.07) is 0. The predicted octanol–water partition coefficient (Wildman–Crippen LogP) is -3.20. The maximum Gasteiger partial charge on any atom is 1.00 e. The maximum atomic E-state index is 10.6. The smallest absolute Gasteiger partial charge is 0.859 e. The molecule has 12 heavy (non-hydrogen) atoms. The summed E-state index contributed by atoms with van der Waals surface area (Å²) in [6.45, 7) is 5.86. The van der Waals surface area contributed by atoms with Crippen LogP contribution in [0.1, 0.15) is 13.8 Å². The van der Waals surface area contributed by atoms with Gasteiger partial charge in [0.05, 0.1) is 0 Å². The molecule has 0 saturated heterocycles. The van der Waals surface area contributed by atoms with Crippen molar-refractivity contribution in [3.8, 4) is 0 Å². The summed E-state index contributed by atoms with van der Waals surface area (Å²) < 4.78 is 0. The average molecular weight is 179 g/mol. The first kappa shape index (κ1) is 14.2. The number of carboxylic acids is 1. The average Bonchev–Trinajstić information content (AvgIpc) is 1.86. The molecule has 0 spiro atoms. The maximum absolute atomic E-state index is 10.6. The van der Waals surface area contributed by atoms with Crippen molar-refractivity contribution in [1.29, 1.82) is 0 Å². The van der Waals surface area contributed by atoms with Crippen molar-refractivity contribution in [2.45, 2.75) is 19.4 Å². The van der Waals surface area contributed by atoms with E-state index in [0.29, 0.717) is 0 Å². The Labute approximate surface area is 93.3 Å². The number of nitrogens with zero attached hydrogens (tertiary/aromatic N) is 1. The van der Waals surface area contributed by atoms with E-state index in [1.807, 2.05) is 0 Å². The number of hydrogen-bond acceptors (Lipinski definition) is 3. The third kappa shape index (κ3) is 4.54. The molecule has 62 valence electrons. The van der Waals surface area contributed by atoms with Gasteiger partial charge in [-0.15, -0.1) is 0 Å². The molecule has 5 heteroatoms. The Morgan fingerprint density at radius 3 is 2.33 bits per heavy atom. The third-order valence-electron chi connectivity index (χ3n) is 1.09. The molecule has 0 heterocycles. The number of rotatable bonds is 3. The first-order chi connectivity index (χ1) is 4.90. The topological polar surface area (TPSA) is 72.7 Å². The Bertz CT molecular complexity index is 211. The van der Waals surface area contributed by atoms with Gasteiger partial charge in [0, 0.05) is 0 Å². The van der Waals surface area contributed by atoms with Crippen LogP contribution in [0.15, 0.2) is 17.6 Å². The zero-order chi connectivity index (χ0) is 9.07. The van der Waals surface area contributed by atoms with Gasteiger partial charge in [-0.3, -0.25) is 4.99 Å². The van der Waals surface area contributed by atoms with Crippen LogP contribution in [-0.2, 0) is 4.79 Å². The number of carboxylic acid groups (broad SMARTS) is 1. The van der Waals surface area contributed by atoms with Crippen LogP contribution < -0.4 is 34.7 Å². The molecule has 0 aliphatic rings. The Kier molecular flexibility index (Phi) is 6.34. The number of carbonyl (C=O) groups is 1. The van der Waals surface area contributed by atoms with Gasteiger partial charge in [0.15, 0.2) is 5.54 Å². The molecular weight excluding hydrogens is 169 g/mol. The van der Waals surface area contributed by atoms with Gasteiger partial charge in [0.25, 0.3) is 0 Å². The van der Waals surface area contributed by atoms with Crippen molar-refractivity contribution < 1.29 is 44.6 Å². The van der Waals surface area contributed by atoms with Crippen molar-refractivity contribution in [3.05, 3.63) is 12.7 Å². The second-order valence-electron chi connectivity index (χ2n) is 2.52. The van der Waals surface area contributed by atoms with E-state index in [0.717, 1.165) is 6.08 Å². The van der Waals surface area contributed by atoms with Gasteiger partial charge in [0.2, 0.25) is 0 Å². The summed E-state index contributed by atoms with van der Waals surface area (Å²) in [4.78, 5) is 13.8. The minimum Gasteiger partial charge on any atom is -0.859 e. The number of hydrogen-bond donors (Lipinski definition) is 1. The Balaban J connectivity index is 0. The molecule has 4 nitrogen and oxygen atoms in total. The van der Waals surface area contributed by atoms with Gasteiger partial charge in [-0.2, -0.15) is 0 Å². The minimum atomic E-state index is -1.36. The fourth-order valence-electron chi connectivity index (χ4n) is 0.369. The van der Waals surface area contributed by atoms with Gasteiger partial charge in [-0.1, -0.05) is 12.7 Å². The molecule has 0 amide bonds. The summed E-state index contributed by atoms with van der Waals surface area (Å²) >= 11 is 0. The standard InChI is InChI=1S/C7H11NO3.Na/c1-4-5(9)8-7(2,3)6(10)11;/h4H,1H2,2-3H3,(H,8,9)(H,10,11);/q;+1/p-1. The fraction of sp³-hybridized carbons (Fsp3) is 0.429. The van der Waals surface area contributed by atoms with Gasteiger partial charge in [-0.25, -0.2) is 4.79 Å². The van der Waals surface area contributed by atoms with Crippen LogP contribution in [0.25, 0.3) is 0 Å². The van der Waals surface area contributed by atoms with Gasteiger partial charge in [-0.05, 0) is 19.7 Å². The van der Waals surface area contributed by atoms with E-state index in [9.17, 15) is 9.90 Å². The summed E-state index contributed by atoms with van der Waals surface area (Å²) in [6.07, 6.45) is 0.977. The van der Waals surface area contributed by atoms with Crippen molar-refractivity contribution >= 4 is 11.9 Å². The van der Waals surface area contributed by atoms with Crippen molar-refractivity contribution in [2.75, 3.05) is 0 Å². The van der Waals surface area contributed by atoms with Gasteiger partial charge >= 0.3 is 35.5 Å². The minimum absolute atomic E-state index is 0. The molecule has 0 aliphatic carbocycles. The van der Waals surface area contributed by atoms with Crippen molar-refractivity contribution in [1.82, 2.24) is 0 Å². The Morgan fingerprint density at radius 1 is 1.67 bits per heavy atom. The molecule has 0 aliphatic heterocycles. The fourth-order valence-corrected chi connectivity index (χ4v) is 0.369. The van der Waals surface area contributed by atoms with Crippen LogP contribution in [0.5, 0.6) is 0 Å². The molecule has 0 aromatic heterocycles. The summed E-state index contributed by atoms with van der Waals surface area (Å²) in [5.41, 5.74) is -1.36. The molecule has 0 fully saturated rings. The normalized spacial score (nSPS) is 11.7. The van der Waals surface area contributed by atoms with Crippen LogP contribution in [0, 0.1) is 0 Å². The molecule has 0 aromatic rings. The SMILES string of the molecule is C=CC([O-])=NC(C)(C)C(=O)O.[Na+]. The van der Waals surface area contributed by atoms with Crippen molar-refractivity contribution in [2.24, 2.45) is 4.99 Å². The molecule has 0 saturated carbocycles. The number of aliphatic imine (C=N–C) groups is 1. The summed E-state index contributed by atoms with van der Waals surface area (Å²) in [5, 5.41) is 19.1. The zero-order valence-corrected chi connectivity index (χ0v) is 9.50. The molecule has 0 atom stereocenters. The van der Waals surface area contributed by atoms with E-state index < -0.39 is 17.4 Å². The number of aliphatic carboxylic acids is 1. The zero-order valence-electron chi connectivity index (χ0n) is 7.50. The second kappa shape index (κ2) is 5.35. The Hall–Kier alpha value is -0.320. The van der Waals surface area contributed by atoms with Crippen LogP contribution in [-0.4, -0.2) is 22.5 Å². The quantitative estimate of drug-likeness (QED) is 0.282. The van der Waals surface area contributed by atoms with E-state index in [4.69, 9.17) is 5.11 Å². The van der Waals surface area contributed by atoms with E-state index in [2.05, 4.69) is 11.6 Å². The van der Waals surface area contributed by atoms with E-state index >= 15 is 0 Å².